The van der Waals surface area contributed by atoms with E-state index < -0.39 is 11.2 Å². The van der Waals surface area contributed by atoms with Gasteiger partial charge in [0, 0.05) is 30.9 Å². The predicted molar refractivity (Wildman–Crippen MR) is 138 cm³/mol. The fourth-order valence-corrected chi connectivity index (χ4v) is 4.09. The summed E-state index contributed by atoms with van der Waals surface area (Å²) in [5.74, 6) is -0.178. The van der Waals surface area contributed by atoms with Crippen LogP contribution in [0.15, 0.2) is 39.9 Å². The van der Waals surface area contributed by atoms with Gasteiger partial charge in [-0.25, -0.2) is 4.79 Å². The van der Waals surface area contributed by atoms with Crippen molar-refractivity contribution in [1.29, 1.82) is 0 Å². The number of rotatable bonds is 11. The quantitative estimate of drug-likeness (QED) is 0.384. The van der Waals surface area contributed by atoms with Gasteiger partial charge in [-0.05, 0) is 32.8 Å². The molecule has 0 radical (unpaired) electrons. The number of likely N-dealkylation sites (N-methyl/N-ethyl adjacent to an activating group) is 1. The van der Waals surface area contributed by atoms with Gasteiger partial charge >= 0.3 is 5.69 Å². The molecule has 35 heavy (non-hydrogen) atoms. The molecule has 2 heterocycles. The first kappa shape index (κ1) is 25.8. The van der Waals surface area contributed by atoms with Crippen molar-refractivity contribution in [3.63, 3.8) is 0 Å². The molecule has 0 spiro atoms. The van der Waals surface area contributed by atoms with E-state index in [4.69, 9.17) is 5.73 Å². The van der Waals surface area contributed by atoms with E-state index >= 15 is 0 Å². The highest BCUT2D eigenvalue weighted by Crippen LogP contribution is 2.17. The zero-order chi connectivity index (χ0) is 25.5. The maximum Gasteiger partial charge on any atom is 0.330 e. The number of hydrogen-bond donors (Lipinski definition) is 3. The minimum atomic E-state index is -0.594. The number of hydrogen-bond acceptors (Lipinski definition) is 6. The first-order chi connectivity index (χ1) is 16.8. The molecule has 10 heteroatoms. The van der Waals surface area contributed by atoms with Crippen molar-refractivity contribution < 1.29 is 4.79 Å². The number of unbranched alkanes of at least 4 members (excludes halogenated alkanes) is 1. The normalized spacial score (nSPS) is 11.0. The van der Waals surface area contributed by atoms with Gasteiger partial charge in [-0.1, -0.05) is 43.7 Å². The average molecular weight is 482 g/mol. The van der Waals surface area contributed by atoms with E-state index in [1.54, 1.807) is 4.90 Å². The molecule has 0 bridgehead atoms. The molecular weight excluding hydrogens is 446 g/mol. The summed E-state index contributed by atoms with van der Waals surface area (Å²) in [6.45, 7) is 9.44. The third-order valence-electron chi connectivity index (χ3n) is 6.15. The molecule has 188 valence electrons. The van der Waals surface area contributed by atoms with Crippen LogP contribution in [-0.2, 0) is 24.4 Å². The minimum absolute atomic E-state index is 0.0635. The standard InChI is InChI=1S/C25H35N7O3/c1-5-7-13-31-23(26)22(24(34)28-25(31)35)30(6-2)16-21(33)27-14-20-17(3)29-32(18(20)4)15-19-11-9-8-10-12-19/h8-12H,5-7,13-16,26H2,1-4H3,(H,27,33)(H,28,34,35). The van der Waals surface area contributed by atoms with Gasteiger partial charge in [0.2, 0.25) is 5.91 Å². The number of aromatic amines is 1. The smallest absolute Gasteiger partial charge is 0.330 e. The molecule has 3 aromatic rings. The molecular formula is C25H35N7O3. The fraction of sp³-hybridized carbons (Fsp3) is 0.440. The van der Waals surface area contributed by atoms with Crippen LogP contribution < -0.4 is 27.2 Å². The lowest BCUT2D eigenvalue weighted by atomic mass is 10.2. The number of nitrogens with two attached hydrogens (primary N) is 1. The second-order valence-electron chi connectivity index (χ2n) is 8.58. The summed E-state index contributed by atoms with van der Waals surface area (Å²) in [5, 5.41) is 7.57. The van der Waals surface area contributed by atoms with E-state index in [0.717, 1.165) is 35.4 Å². The average Bonchev–Trinajstić information content (AvgIpc) is 3.09. The van der Waals surface area contributed by atoms with Gasteiger partial charge in [0.1, 0.15) is 11.5 Å². The van der Waals surface area contributed by atoms with Crippen LogP contribution in [0.1, 0.15) is 49.2 Å². The van der Waals surface area contributed by atoms with Crippen LogP contribution in [0.4, 0.5) is 11.5 Å². The van der Waals surface area contributed by atoms with E-state index in [1.165, 1.54) is 4.57 Å². The Morgan fingerprint density at radius 1 is 1.17 bits per heavy atom. The molecule has 3 rings (SSSR count). The Balaban J connectivity index is 1.72. The lowest BCUT2D eigenvalue weighted by Gasteiger charge is -2.24. The van der Waals surface area contributed by atoms with Crippen molar-refractivity contribution in [3.05, 3.63) is 73.7 Å². The molecule has 10 nitrogen and oxygen atoms in total. The van der Waals surface area contributed by atoms with Crippen LogP contribution in [0.3, 0.4) is 0 Å². The number of nitrogens with one attached hydrogen (secondary N) is 2. The highest BCUT2D eigenvalue weighted by Gasteiger charge is 2.20. The van der Waals surface area contributed by atoms with Gasteiger partial charge in [0.15, 0.2) is 0 Å². The van der Waals surface area contributed by atoms with Crippen LogP contribution in [0.25, 0.3) is 0 Å². The molecule has 0 aliphatic rings. The van der Waals surface area contributed by atoms with Crippen molar-refractivity contribution in [1.82, 2.24) is 24.6 Å². The molecule has 0 aliphatic carbocycles. The van der Waals surface area contributed by atoms with E-state index in [1.807, 2.05) is 50.6 Å². The van der Waals surface area contributed by atoms with Crippen LogP contribution in [0.2, 0.25) is 0 Å². The highest BCUT2D eigenvalue weighted by molar-refractivity contribution is 5.82. The largest absolute Gasteiger partial charge is 0.383 e. The Morgan fingerprint density at radius 2 is 1.89 bits per heavy atom. The molecule has 1 amide bonds. The van der Waals surface area contributed by atoms with Crippen molar-refractivity contribution in [2.75, 3.05) is 23.7 Å². The second kappa shape index (κ2) is 11.5. The lowest BCUT2D eigenvalue weighted by molar-refractivity contribution is -0.119. The van der Waals surface area contributed by atoms with Crippen molar-refractivity contribution in [3.8, 4) is 0 Å². The maximum atomic E-state index is 12.8. The summed E-state index contributed by atoms with van der Waals surface area (Å²) in [6, 6.07) is 10.1. The second-order valence-corrected chi connectivity index (χ2v) is 8.58. The third-order valence-corrected chi connectivity index (χ3v) is 6.15. The van der Waals surface area contributed by atoms with Crippen LogP contribution >= 0.6 is 0 Å². The Labute approximate surface area is 204 Å². The summed E-state index contributed by atoms with van der Waals surface area (Å²) in [7, 11) is 0. The molecule has 0 saturated carbocycles. The number of amides is 1. The Hall–Kier alpha value is -3.82. The third kappa shape index (κ3) is 6.00. The van der Waals surface area contributed by atoms with Crippen molar-refractivity contribution in [2.45, 2.75) is 60.2 Å². The first-order valence-electron chi connectivity index (χ1n) is 12.0. The van der Waals surface area contributed by atoms with Gasteiger partial charge in [-0.2, -0.15) is 5.10 Å². The molecule has 0 unspecified atom stereocenters. The summed E-state index contributed by atoms with van der Waals surface area (Å²) in [4.78, 5) is 41.5. The van der Waals surface area contributed by atoms with Gasteiger partial charge < -0.3 is 16.0 Å². The number of anilines is 2. The van der Waals surface area contributed by atoms with Gasteiger partial charge in [-0.3, -0.25) is 23.8 Å². The highest BCUT2D eigenvalue weighted by atomic mass is 16.2. The topological polar surface area (TPSA) is 131 Å². The number of carbonyl (C=O) groups excluding carboxylic acids is 1. The van der Waals surface area contributed by atoms with Crippen molar-refractivity contribution >= 4 is 17.4 Å². The monoisotopic (exact) mass is 481 g/mol. The van der Waals surface area contributed by atoms with Gasteiger partial charge in [0.25, 0.3) is 5.56 Å². The molecule has 0 aliphatic heterocycles. The zero-order valence-electron chi connectivity index (χ0n) is 20.9. The Bertz CT molecular complexity index is 1270. The van der Waals surface area contributed by atoms with Gasteiger partial charge in [0.05, 0.1) is 18.8 Å². The SMILES string of the molecule is CCCCn1c(N)c(N(CC)CC(=O)NCc2c(C)nn(Cc3ccccc3)c2C)c(=O)[nH]c1=O. The molecule has 4 N–H and O–H groups in total. The zero-order valence-corrected chi connectivity index (χ0v) is 20.9. The van der Waals surface area contributed by atoms with E-state index in [-0.39, 0.29) is 24.0 Å². The number of benzene rings is 1. The number of aryl methyl sites for hydroxylation is 1. The van der Waals surface area contributed by atoms with Crippen LogP contribution in [-0.4, -0.2) is 38.3 Å². The molecule has 0 saturated heterocycles. The van der Waals surface area contributed by atoms with E-state index in [0.29, 0.717) is 26.2 Å². The molecule has 0 atom stereocenters. The molecule has 1 aromatic carbocycles. The Kier molecular flexibility index (Phi) is 8.51. The maximum absolute atomic E-state index is 12.8. The first-order valence-corrected chi connectivity index (χ1v) is 12.0. The molecule has 0 fully saturated rings. The predicted octanol–water partition coefficient (Wildman–Crippen LogP) is 1.92. The summed E-state index contributed by atoms with van der Waals surface area (Å²) in [5.41, 5.74) is 9.17. The lowest BCUT2D eigenvalue weighted by Crippen LogP contribution is -2.42. The summed E-state index contributed by atoms with van der Waals surface area (Å²) in [6.07, 6.45) is 1.62. The minimum Gasteiger partial charge on any atom is -0.383 e. The number of carbonyl (C=O) groups is 1. The van der Waals surface area contributed by atoms with E-state index in [9.17, 15) is 14.4 Å². The van der Waals surface area contributed by atoms with E-state index in [2.05, 4.69) is 27.5 Å². The Morgan fingerprint density at radius 3 is 2.54 bits per heavy atom. The number of aromatic nitrogens is 4. The number of nitrogens with zero attached hydrogens (tertiary/aromatic N) is 4. The van der Waals surface area contributed by atoms with Gasteiger partial charge in [-0.15, -0.1) is 0 Å². The van der Waals surface area contributed by atoms with Crippen LogP contribution in [0.5, 0.6) is 0 Å². The summed E-state index contributed by atoms with van der Waals surface area (Å²) >= 11 is 0. The van der Waals surface area contributed by atoms with Crippen molar-refractivity contribution in [2.24, 2.45) is 0 Å². The molecule has 2 aromatic heterocycles. The van der Waals surface area contributed by atoms with Crippen LogP contribution in [0, 0.1) is 13.8 Å². The number of H-pyrrole nitrogens is 1. The number of nitrogen functional groups attached to an aromatic ring is 1. The fourth-order valence-electron chi connectivity index (χ4n) is 4.09. The summed E-state index contributed by atoms with van der Waals surface area (Å²) < 4.78 is 3.29.